The zero-order valence-electron chi connectivity index (χ0n) is 10.6. The van der Waals surface area contributed by atoms with Crippen LogP contribution in [0.2, 0.25) is 0 Å². The number of carbonyl (C=O) groups is 1. The van der Waals surface area contributed by atoms with E-state index in [4.69, 9.17) is 0 Å². The van der Waals surface area contributed by atoms with E-state index < -0.39 is 0 Å². The average Bonchev–Trinajstić information content (AvgIpc) is 2.57. The van der Waals surface area contributed by atoms with Crippen molar-refractivity contribution in [1.82, 2.24) is 4.90 Å². The second-order valence-electron chi connectivity index (χ2n) is 5.03. The van der Waals surface area contributed by atoms with Gasteiger partial charge in [-0.2, -0.15) is 0 Å². The lowest BCUT2D eigenvalue weighted by atomic mass is 10.0. The van der Waals surface area contributed by atoms with Gasteiger partial charge in [0.1, 0.15) is 0 Å². The molecule has 0 aliphatic carbocycles. The van der Waals surface area contributed by atoms with Crippen LogP contribution in [0.25, 0.3) is 0 Å². The molecule has 1 aromatic rings. The summed E-state index contributed by atoms with van der Waals surface area (Å²) in [4.78, 5) is 14.1. The van der Waals surface area contributed by atoms with Gasteiger partial charge in [0, 0.05) is 18.7 Å². The number of phenols is 2. The summed E-state index contributed by atoms with van der Waals surface area (Å²) in [5.74, 6) is 0.149. The van der Waals surface area contributed by atoms with Crippen LogP contribution in [0, 0.1) is 5.92 Å². The molecule has 1 saturated heterocycles. The average molecular weight is 249 g/mol. The minimum Gasteiger partial charge on any atom is -0.504 e. The topological polar surface area (TPSA) is 60.8 Å². The maximum Gasteiger partial charge on any atom is 0.253 e. The first-order valence-electron chi connectivity index (χ1n) is 6.39. The Morgan fingerprint density at radius 3 is 2.72 bits per heavy atom. The minimum absolute atomic E-state index is 0.0700. The third-order valence-corrected chi connectivity index (χ3v) is 3.53. The molecule has 0 bridgehead atoms. The SMILES string of the molecule is CC1CCCN(C(=O)c2ccc(O)c(O)c2)CC1. The van der Waals surface area contributed by atoms with Crippen molar-refractivity contribution in [1.29, 1.82) is 0 Å². The normalized spacial score (nSPS) is 20.5. The molecule has 2 rings (SSSR count). The molecule has 1 amide bonds. The second kappa shape index (κ2) is 5.29. The van der Waals surface area contributed by atoms with E-state index in [1.807, 2.05) is 4.90 Å². The Labute approximate surface area is 107 Å². The van der Waals surface area contributed by atoms with Gasteiger partial charge in [-0.25, -0.2) is 0 Å². The molecule has 1 heterocycles. The summed E-state index contributed by atoms with van der Waals surface area (Å²) in [7, 11) is 0. The Kier molecular flexibility index (Phi) is 3.75. The molecule has 4 heteroatoms. The molecule has 0 aromatic heterocycles. The number of carbonyl (C=O) groups excluding carboxylic acids is 1. The minimum atomic E-state index is -0.246. The lowest BCUT2D eigenvalue weighted by Crippen LogP contribution is -2.31. The number of hydrogen-bond acceptors (Lipinski definition) is 3. The molecule has 4 nitrogen and oxygen atoms in total. The van der Waals surface area contributed by atoms with Crippen molar-refractivity contribution < 1.29 is 15.0 Å². The summed E-state index contributed by atoms with van der Waals surface area (Å²) in [6, 6.07) is 4.22. The van der Waals surface area contributed by atoms with Crippen LogP contribution in [-0.4, -0.2) is 34.1 Å². The fourth-order valence-corrected chi connectivity index (χ4v) is 2.31. The van der Waals surface area contributed by atoms with Crippen LogP contribution in [0.4, 0.5) is 0 Å². The van der Waals surface area contributed by atoms with Gasteiger partial charge >= 0.3 is 0 Å². The highest BCUT2D eigenvalue weighted by atomic mass is 16.3. The number of phenolic OH excluding ortho intramolecular Hbond substituents is 2. The molecule has 1 aliphatic rings. The summed E-state index contributed by atoms with van der Waals surface area (Å²) in [5.41, 5.74) is 0.430. The smallest absolute Gasteiger partial charge is 0.253 e. The van der Waals surface area contributed by atoms with Crippen LogP contribution < -0.4 is 0 Å². The highest BCUT2D eigenvalue weighted by Gasteiger charge is 2.20. The highest BCUT2D eigenvalue weighted by molar-refractivity contribution is 5.94. The first-order valence-corrected chi connectivity index (χ1v) is 6.39. The number of likely N-dealkylation sites (tertiary alicyclic amines) is 1. The van der Waals surface area contributed by atoms with Crippen molar-refractivity contribution in [2.24, 2.45) is 5.92 Å². The lowest BCUT2D eigenvalue weighted by molar-refractivity contribution is 0.0760. The number of amides is 1. The van der Waals surface area contributed by atoms with E-state index in [0.29, 0.717) is 11.5 Å². The first kappa shape index (κ1) is 12.7. The van der Waals surface area contributed by atoms with Crippen LogP contribution in [0.5, 0.6) is 11.5 Å². The van der Waals surface area contributed by atoms with E-state index in [1.54, 1.807) is 6.07 Å². The van der Waals surface area contributed by atoms with E-state index in [1.165, 1.54) is 12.1 Å². The Hall–Kier alpha value is -1.71. The summed E-state index contributed by atoms with van der Waals surface area (Å²) in [6.07, 6.45) is 3.21. The van der Waals surface area contributed by atoms with Crippen molar-refractivity contribution in [2.45, 2.75) is 26.2 Å². The van der Waals surface area contributed by atoms with E-state index in [0.717, 1.165) is 32.4 Å². The Morgan fingerprint density at radius 1 is 1.22 bits per heavy atom. The molecule has 0 saturated carbocycles. The van der Waals surface area contributed by atoms with E-state index in [9.17, 15) is 15.0 Å². The molecule has 1 atom stereocenters. The molecule has 1 unspecified atom stereocenters. The monoisotopic (exact) mass is 249 g/mol. The van der Waals surface area contributed by atoms with Crippen LogP contribution in [0.3, 0.4) is 0 Å². The predicted octanol–water partition coefficient (Wildman–Crippen LogP) is 2.36. The van der Waals surface area contributed by atoms with Gasteiger partial charge in [0.05, 0.1) is 0 Å². The van der Waals surface area contributed by atoms with Gasteiger partial charge in [0.2, 0.25) is 0 Å². The van der Waals surface area contributed by atoms with E-state index >= 15 is 0 Å². The molecule has 18 heavy (non-hydrogen) atoms. The Bertz CT molecular complexity index is 445. The molecule has 1 aromatic carbocycles. The van der Waals surface area contributed by atoms with Crippen molar-refractivity contribution in [3.63, 3.8) is 0 Å². The fraction of sp³-hybridized carbons (Fsp3) is 0.500. The second-order valence-corrected chi connectivity index (χ2v) is 5.03. The molecule has 2 N–H and O–H groups in total. The van der Waals surface area contributed by atoms with E-state index in [-0.39, 0.29) is 17.4 Å². The van der Waals surface area contributed by atoms with Gasteiger partial charge in [0.25, 0.3) is 5.91 Å². The Morgan fingerprint density at radius 2 is 2.00 bits per heavy atom. The zero-order chi connectivity index (χ0) is 13.1. The highest BCUT2D eigenvalue weighted by Crippen LogP contribution is 2.26. The maximum absolute atomic E-state index is 12.3. The zero-order valence-corrected chi connectivity index (χ0v) is 10.6. The van der Waals surface area contributed by atoms with Crippen LogP contribution >= 0.6 is 0 Å². The summed E-state index contributed by atoms with van der Waals surface area (Å²) in [5, 5.41) is 18.7. The van der Waals surface area contributed by atoms with Crippen molar-refractivity contribution in [3.05, 3.63) is 23.8 Å². The van der Waals surface area contributed by atoms with Gasteiger partial charge in [-0.3, -0.25) is 4.79 Å². The maximum atomic E-state index is 12.3. The third-order valence-electron chi connectivity index (χ3n) is 3.53. The summed E-state index contributed by atoms with van der Waals surface area (Å²) < 4.78 is 0. The number of benzene rings is 1. The van der Waals surface area contributed by atoms with Gasteiger partial charge in [-0.15, -0.1) is 0 Å². The van der Waals surface area contributed by atoms with E-state index in [2.05, 4.69) is 6.92 Å². The van der Waals surface area contributed by atoms with Crippen LogP contribution in [0.15, 0.2) is 18.2 Å². The third kappa shape index (κ3) is 2.75. The van der Waals surface area contributed by atoms with Gasteiger partial charge in [0.15, 0.2) is 11.5 Å². The molecular weight excluding hydrogens is 230 g/mol. The predicted molar refractivity (Wildman–Crippen MR) is 68.7 cm³/mol. The standard InChI is InChI=1S/C14H19NO3/c1-10-3-2-7-15(8-6-10)14(18)11-4-5-12(16)13(17)9-11/h4-5,9-10,16-17H,2-3,6-8H2,1H3. The quantitative estimate of drug-likeness (QED) is 0.751. The van der Waals surface area contributed by atoms with Gasteiger partial charge < -0.3 is 15.1 Å². The molecule has 1 fully saturated rings. The molecule has 0 radical (unpaired) electrons. The number of hydrogen-bond donors (Lipinski definition) is 2. The Balaban J connectivity index is 2.12. The van der Waals surface area contributed by atoms with Crippen molar-refractivity contribution >= 4 is 5.91 Å². The molecule has 1 aliphatic heterocycles. The van der Waals surface area contributed by atoms with Crippen LogP contribution in [0.1, 0.15) is 36.5 Å². The number of rotatable bonds is 1. The van der Waals surface area contributed by atoms with Gasteiger partial charge in [-0.05, 0) is 43.4 Å². The lowest BCUT2D eigenvalue weighted by Gasteiger charge is -2.20. The summed E-state index contributed by atoms with van der Waals surface area (Å²) >= 11 is 0. The molecular formula is C14H19NO3. The van der Waals surface area contributed by atoms with Gasteiger partial charge in [-0.1, -0.05) is 6.92 Å². The number of nitrogens with zero attached hydrogens (tertiary/aromatic N) is 1. The first-order chi connectivity index (χ1) is 8.58. The van der Waals surface area contributed by atoms with Crippen molar-refractivity contribution in [3.8, 4) is 11.5 Å². The van der Waals surface area contributed by atoms with Crippen LogP contribution in [-0.2, 0) is 0 Å². The molecule has 98 valence electrons. The fourth-order valence-electron chi connectivity index (χ4n) is 2.31. The summed E-state index contributed by atoms with van der Waals surface area (Å²) in [6.45, 7) is 3.74. The van der Waals surface area contributed by atoms with Crippen molar-refractivity contribution in [2.75, 3.05) is 13.1 Å². The largest absolute Gasteiger partial charge is 0.504 e. The number of aromatic hydroxyl groups is 2. The molecule has 0 spiro atoms.